The second-order valence-corrected chi connectivity index (χ2v) is 9.05. The summed E-state index contributed by atoms with van der Waals surface area (Å²) in [5.74, 6) is -0.350. The number of nitrogens with zero attached hydrogens (tertiary/aromatic N) is 2. The molecule has 0 unspecified atom stereocenters. The van der Waals surface area contributed by atoms with Crippen LogP contribution in [0.2, 0.25) is 0 Å². The van der Waals surface area contributed by atoms with E-state index in [0.717, 1.165) is 23.2 Å². The average Bonchev–Trinajstić information content (AvgIpc) is 2.70. The van der Waals surface area contributed by atoms with Gasteiger partial charge in [0, 0.05) is 32.7 Å². The minimum Gasteiger partial charge on any atom is -0.465 e. The number of methoxy groups -OCH3 is 1. The third kappa shape index (κ3) is 4.43. The van der Waals surface area contributed by atoms with Crippen LogP contribution in [0.3, 0.4) is 0 Å². The molecule has 0 aliphatic carbocycles. The van der Waals surface area contributed by atoms with Crippen molar-refractivity contribution < 1.29 is 17.9 Å². The monoisotopic (exact) mass is 402 g/mol. The first-order chi connectivity index (χ1) is 13.3. The predicted molar refractivity (Wildman–Crippen MR) is 108 cm³/mol. The number of piperazine rings is 1. The number of ether oxygens (including phenoxy) is 1. The van der Waals surface area contributed by atoms with Gasteiger partial charge in [-0.15, -0.1) is 0 Å². The second-order valence-electron chi connectivity index (χ2n) is 7.11. The highest BCUT2D eigenvalue weighted by atomic mass is 32.2. The minimum atomic E-state index is -3.46. The Morgan fingerprint density at radius 1 is 0.964 bits per heavy atom. The molecule has 7 heteroatoms. The zero-order valence-corrected chi connectivity index (χ0v) is 17.3. The van der Waals surface area contributed by atoms with Gasteiger partial charge in [0.15, 0.2) is 0 Å². The maximum atomic E-state index is 12.9. The number of aryl methyl sites for hydroxylation is 2. The fraction of sp³-hybridized carbons (Fsp3) is 0.381. The van der Waals surface area contributed by atoms with Crippen molar-refractivity contribution in [3.63, 3.8) is 0 Å². The summed E-state index contributed by atoms with van der Waals surface area (Å²) in [5, 5.41) is 0. The van der Waals surface area contributed by atoms with Crippen LogP contribution in [0.15, 0.2) is 47.4 Å². The Morgan fingerprint density at radius 2 is 1.61 bits per heavy atom. The molecule has 150 valence electrons. The van der Waals surface area contributed by atoms with E-state index >= 15 is 0 Å². The van der Waals surface area contributed by atoms with Gasteiger partial charge in [-0.2, -0.15) is 4.31 Å². The quantitative estimate of drug-likeness (QED) is 0.719. The Balaban J connectivity index is 1.61. The van der Waals surface area contributed by atoms with Crippen molar-refractivity contribution in [1.29, 1.82) is 0 Å². The second kappa shape index (κ2) is 8.43. The third-order valence-electron chi connectivity index (χ3n) is 5.23. The molecule has 1 aliphatic heterocycles. The highest BCUT2D eigenvalue weighted by molar-refractivity contribution is 7.89. The predicted octanol–water partition coefficient (Wildman–Crippen LogP) is 2.60. The number of carbonyl (C=O) groups is 1. The molecule has 0 amide bonds. The molecular formula is C21H26N2O4S. The molecule has 0 N–H and O–H groups in total. The summed E-state index contributed by atoms with van der Waals surface area (Å²) in [6.45, 7) is 6.90. The zero-order chi connectivity index (χ0) is 20.3. The highest BCUT2D eigenvalue weighted by Crippen LogP contribution is 2.21. The van der Waals surface area contributed by atoms with Crippen molar-refractivity contribution in [2.75, 3.05) is 33.3 Å². The number of hydrogen-bond donors (Lipinski definition) is 0. The SMILES string of the molecule is COC(=O)c1ccc(CN2CCN(S(=O)(=O)c3ccc(C)c(C)c3)CC2)cc1. The van der Waals surface area contributed by atoms with Gasteiger partial charge >= 0.3 is 5.97 Å². The molecule has 0 aromatic heterocycles. The molecule has 0 bridgehead atoms. The van der Waals surface area contributed by atoms with Gasteiger partial charge in [-0.25, -0.2) is 13.2 Å². The van der Waals surface area contributed by atoms with Crippen LogP contribution < -0.4 is 0 Å². The van der Waals surface area contributed by atoms with Crippen molar-refractivity contribution in [3.8, 4) is 0 Å². The molecule has 2 aromatic rings. The van der Waals surface area contributed by atoms with Crippen molar-refractivity contribution >= 4 is 16.0 Å². The Bertz CT molecular complexity index is 947. The van der Waals surface area contributed by atoms with Gasteiger partial charge in [0.05, 0.1) is 17.6 Å². The number of carbonyl (C=O) groups excluding carboxylic acids is 1. The molecule has 0 saturated carbocycles. The molecule has 1 fully saturated rings. The lowest BCUT2D eigenvalue weighted by Crippen LogP contribution is -2.48. The first kappa shape index (κ1) is 20.5. The molecule has 0 radical (unpaired) electrons. The lowest BCUT2D eigenvalue weighted by molar-refractivity contribution is 0.0600. The number of hydrogen-bond acceptors (Lipinski definition) is 5. The molecule has 0 spiro atoms. The van der Waals surface area contributed by atoms with E-state index in [1.807, 2.05) is 32.0 Å². The standard InChI is InChI=1S/C21H26N2O4S/c1-16-4-9-20(14-17(16)2)28(25,26)23-12-10-22(11-13-23)15-18-5-7-19(8-6-18)21(24)27-3/h4-9,14H,10-13,15H2,1-3H3. The normalized spacial score (nSPS) is 16.1. The van der Waals surface area contributed by atoms with Crippen LogP contribution in [-0.4, -0.2) is 56.9 Å². The lowest BCUT2D eigenvalue weighted by Gasteiger charge is -2.34. The van der Waals surface area contributed by atoms with E-state index < -0.39 is 10.0 Å². The summed E-state index contributed by atoms with van der Waals surface area (Å²) < 4.78 is 32.1. The molecular weight excluding hydrogens is 376 g/mol. The molecule has 6 nitrogen and oxygen atoms in total. The van der Waals surface area contributed by atoms with E-state index in [1.54, 1.807) is 28.6 Å². The van der Waals surface area contributed by atoms with Gasteiger partial charge in [0.25, 0.3) is 0 Å². The van der Waals surface area contributed by atoms with Crippen molar-refractivity contribution in [2.45, 2.75) is 25.3 Å². The fourth-order valence-corrected chi connectivity index (χ4v) is 4.78. The Morgan fingerprint density at radius 3 is 2.18 bits per heavy atom. The molecule has 1 aliphatic rings. The fourth-order valence-electron chi connectivity index (χ4n) is 3.27. The number of esters is 1. The summed E-state index contributed by atoms with van der Waals surface area (Å²) in [4.78, 5) is 14.1. The van der Waals surface area contributed by atoms with Crippen molar-refractivity contribution in [3.05, 3.63) is 64.7 Å². The van der Waals surface area contributed by atoms with E-state index in [4.69, 9.17) is 4.74 Å². The lowest BCUT2D eigenvalue weighted by atomic mass is 10.1. The first-order valence-corrected chi connectivity index (χ1v) is 10.7. The van der Waals surface area contributed by atoms with E-state index in [2.05, 4.69) is 4.90 Å². The topological polar surface area (TPSA) is 66.9 Å². The highest BCUT2D eigenvalue weighted by Gasteiger charge is 2.28. The van der Waals surface area contributed by atoms with Gasteiger partial charge in [-0.1, -0.05) is 18.2 Å². The smallest absolute Gasteiger partial charge is 0.337 e. The van der Waals surface area contributed by atoms with E-state index in [0.29, 0.717) is 36.6 Å². The van der Waals surface area contributed by atoms with Gasteiger partial charge in [-0.3, -0.25) is 4.90 Å². The Kier molecular flexibility index (Phi) is 6.17. The van der Waals surface area contributed by atoms with Crippen molar-refractivity contribution in [1.82, 2.24) is 9.21 Å². The van der Waals surface area contributed by atoms with Gasteiger partial charge < -0.3 is 4.74 Å². The summed E-state index contributed by atoms with van der Waals surface area (Å²) in [7, 11) is -2.10. The van der Waals surface area contributed by atoms with Crippen LogP contribution in [-0.2, 0) is 21.3 Å². The van der Waals surface area contributed by atoms with E-state index in [1.165, 1.54) is 7.11 Å². The summed E-state index contributed by atoms with van der Waals surface area (Å²) in [5.41, 5.74) is 3.67. The Hall–Kier alpha value is -2.22. The number of benzene rings is 2. The van der Waals surface area contributed by atoms with Crippen molar-refractivity contribution in [2.24, 2.45) is 0 Å². The van der Waals surface area contributed by atoms with Gasteiger partial charge in [0.1, 0.15) is 0 Å². The maximum Gasteiger partial charge on any atom is 0.337 e. The van der Waals surface area contributed by atoms with Crippen LogP contribution in [0.4, 0.5) is 0 Å². The summed E-state index contributed by atoms with van der Waals surface area (Å²) >= 11 is 0. The minimum absolute atomic E-state index is 0.350. The van der Waals surface area contributed by atoms with E-state index in [-0.39, 0.29) is 5.97 Å². The van der Waals surface area contributed by atoms with Crippen LogP contribution >= 0.6 is 0 Å². The number of rotatable bonds is 5. The maximum absolute atomic E-state index is 12.9. The molecule has 0 atom stereocenters. The van der Waals surface area contributed by atoms with Crippen LogP contribution in [0.25, 0.3) is 0 Å². The number of sulfonamides is 1. The molecule has 2 aromatic carbocycles. The molecule has 28 heavy (non-hydrogen) atoms. The molecule has 3 rings (SSSR count). The average molecular weight is 403 g/mol. The Labute approximate surface area is 166 Å². The molecule has 1 saturated heterocycles. The van der Waals surface area contributed by atoms with E-state index in [9.17, 15) is 13.2 Å². The molecule has 1 heterocycles. The van der Waals surface area contributed by atoms with Crippen LogP contribution in [0, 0.1) is 13.8 Å². The van der Waals surface area contributed by atoms with Crippen LogP contribution in [0.5, 0.6) is 0 Å². The summed E-state index contributed by atoms with van der Waals surface area (Å²) in [6, 6.07) is 12.6. The van der Waals surface area contributed by atoms with Gasteiger partial charge in [-0.05, 0) is 54.8 Å². The summed E-state index contributed by atoms with van der Waals surface area (Å²) in [6.07, 6.45) is 0. The van der Waals surface area contributed by atoms with Crippen LogP contribution in [0.1, 0.15) is 27.0 Å². The van der Waals surface area contributed by atoms with Gasteiger partial charge in [0.2, 0.25) is 10.0 Å². The first-order valence-electron chi connectivity index (χ1n) is 9.28. The largest absolute Gasteiger partial charge is 0.465 e. The third-order valence-corrected chi connectivity index (χ3v) is 7.12. The zero-order valence-electron chi connectivity index (χ0n) is 16.5.